The summed E-state index contributed by atoms with van der Waals surface area (Å²) in [5.74, 6) is 0.866. The smallest absolute Gasteiger partial charge is 0.411 e. The Balaban J connectivity index is 1.56. The number of benzene rings is 2. The lowest BCUT2D eigenvalue weighted by atomic mass is 9.89. The van der Waals surface area contributed by atoms with Crippen LogP contribution < -0.4 is 20.7 Å². The second-order valence-corrected chi connectivity index (χ2v) is 8.49. The molecule has 3 atom stereocenters. The predicted octanol–water partition coefficient (Wildman–Crippen LogP) is 5.55. The third kappa shape index (κ3) is 4.35. The number of anilines is 2. The zero-order valence-corrected chi connectivity index (χ0v) is 18.6. The highest BCUT2D eigenvalue weighted by atomic mass is 16.6. The minimum atomic E-state index is -0.424. The molecule has 0 aromatic heterocycles. The van der Waals surface area contributed by atoms with Gasteiger partial charge in [-0.15, -0.1) is 0 Å². The molecule has 3 N–H and O–H groups in total. The van der Waals surface area contributed by atoms with Gasteiger partial charge in [-0.3, -0.25) is 5.32 Å². The second-order valence-electron chi connectivity index (χ2n) is 8.49. The molecule has 31 heavy (non-hydrogen) atoms. The molecule has 6 heteroatoms. The summed E-state index contributed by atoms with van der Waals surface area (Å²) in [6, 6.07) is 14.7. The lowest BCUT2D eigenvalue weighted by Crippen LogP contribution is -2.42. The van der Waals surface area contributed by atoms with E-state index in [1.54, 1.807) is 0 Å². The van der Waals surface area contributed by atoms with Gasteiger partial charge in [0, 0.05) is 17.4 Å². The summed E-state index contributed by atoms with van der Waals surface area (Å²) in [5, 5.41) is 2.81. The van der Waals surface area contributed by atoms with Crippen molar-refractivity contribution in [3.05, 3.63) is 53.6 Å². The van der Waals surface area contributed by atoms with Crippen LogP contribution in [-0.2, 0) is 4.74 Å². The summed E-state index contributed by atoms with van der Waals surface area (Å²) in [4.78, 5) is 14.5. The van der Waals surface area contributed by atoms with Gasteiger partial charge in [0.1, 0.15) is 11.9 Å². The Kier molecular flexibility index (Phi) is 6.37. The second kappa shape index (κ2) is 9.18. The normalized spacial score (nSPS) is 21.2. The van der Waals surface area contributed by atoms with Crippen LogP contribution in [0.25, 0.3) is 0 Å². The van der Waals surface area contributed by atoms with E-state index in [9.17, 15) is 4.79 Å². The fourth-order valence-corrected chi connectivity index (χ4v) is 4.42. The Labute approximate surface area is 184 Å². The maximum Gasteiger partial charge on any atom is 0.411 e. The highest BCUT2D eigenvalue weighted by Crippen LogP contribution is 2.51. The van der Waals surface area contributed by atoms with E-state index in [1.807, 2.05) is 39.0 Å². The fourth-order valence-electron chi connectivity index (χ4n) is 4.42. The summed E-state index contributed by atoms with van der Waals surface area (Å²) in [5.41, 5.74) is 11.0. The molecule has 1 heterocycles. The third-order valence-electron chi connectivity index (χ3n) is 6.44. The van der Waals surface area contributed by atoms with Crippen LogP contribution in [0.5, 0.6) is 5.75 Å². The van der Waals surface area contributed by atoms with E-state index in [1.165, 1.54) is 24.9 Å². The van der Waals surface area contributed by atoms with Crippen molar-refractivity contribution in [2.75, 3.05) is 16.8 Å². The van der Waals surface area contributed by atoms with E-state index >= 15 is 0 Å². The monoisotopic (exact) mass is 423 g/mol. The zero-order chi connectivity index (χ0) is 22.0. The van der Waals surface area contributed by atoms with Crippen molar-refractivity contribution in [1.29, 1.82) is 0 Å². The molecule has 0 saturated heterocycles. The Morgan fingerprint density at radius 3 is 2.55 bits per heavy atom. The fraction of sp³-hybridized carbons (Fsp3) is 0.480. The maximum atomic E-state index is 12.0. The van der Waals surface area contributed by atoms with Crippen LogP contribution in [-0.4, -0.2) is 24.8 Å². The lowest BCUT2D eigenvalue weighted by Gasteiger charge is -2.41. The molecule has 0 spiro atoms. The van der Waals surface area contributed by atoms with Gasteiger partial charge in [-0.1, -0.05) is 19.1 Å². The van der Waals surface area contributed by atoms with Crippen LogP contribution >= 0.6 is 0 Å². The van der Waals surface area contributed by atoms with Crippen molar-refractivity contribution in [1.82, 2.24) is 0 Å². The Morgan fingerprint density at radius 2 is 1.94 bits per heavy atom. The van der Waals surface area contributed by atoms with Crippen LogP contribution in [0.4, 0.5) is 16.2 Å². The molecule has 166 valence electrons. The van der Waals surface area contributed by atoms with Crippen molar-refractivity contribution in [3.8, 4) is 5.75 Å². The van der Waals surface area contributed by atoms with Gasteiger partial charge in [-0.2, -0.15) is 0 Å². The van der Waals surface area contributed by atoms with E-state index in [-0.39, 0.29) is 18.2 Å². The summed E-state index contributed by atoms with van der Waals surface area (Å²) < 4.78 is 11.0. The zero-order valence-electron chi connectivity index (χ0n) is 18.6. The number of nitrogens with zero attached hydrogens (tertiary/aromatic N) is 1. The quantitative estimate of drug-likeness (QED) is 0.611. The van der Waals surface area contributed by atoms with Crippen molar-refractivity contribution in [3.63, 3.8) is 0 Å². The summed E-state index contributed by atoms with van der Waals surface area (Å²) in [6.07, 6.45) is 3.90. The van der Waals surface area contributed by atoms with E-state index in [0.717, 1.165) is 29.0 Å². The van der Waals surface area contributed by atoms with Gasteiger partial charge in [0.25, 0.3) is 0 Å². The standard InChI is InChI=1S/C25H33N3O3/c1-4-16(3)31-25(29)27-18-11-9-17(10-12-18)24-23(26)21-15-20(30-5-2)13-14-22(21)28(24)19-7-6-8-19/h9-16,19,23-24H,4-8,26H2,1-3H3,(H,27,29). The average molecular weight is 424 g/mol. The van der Waals surface area contributed by atoms with Gasteiger partial charge in [0.2, 0.25) is 0 Å². The van der Waals surface area contributed by atoms with Crippen LogP contribution in [0.1, 0.15) is 69.7 Å². The number of nitrogens with one attached hydrogen (secondary N) is 1. The Hall–Kier alpha value is -2.73. The molecule has 1 amide bonds. The van der Waals surface area contributed by atoms with E-state index in [4.69, 9.17) is 15.2 Å². The van der Waals surface area contributed by atoms with Crippen molar-refractivity contribution in [2.24, 2.45) is 5.73 Å². The Bertz CT molecular complexity index is 911. The number of fused-ring (bicyclic) bond motifs is 1. The first-order valence-corrected chi connectivity index (χ1v) is 11.4. The molecule has 1 fully saturated rings. The molecule has 2 aromatic carbocycles. The van der Waals surface area contributed by atoms with Crippen molar-refractivity contribution >= 4 is 17.5 Å². The number of ether oxygens (including phenoxy) is 2. The molecule has 1 aliphatic heterocycles. The molecule has 2 aliphatic rings. The topological polar surface area (TPSA) is 76.8 Å². The van der Waals surface area contributed by atoms with Gasteiger partial charge >= 0.3 is 6.09 Å². The predicted molar refractivity (Wildman–Crippen MR) is 124 cm³/mol. The average Bonchev–Trinajstić information content (AvgIpc) is 2.99. The SMILES string of the molecule is CCOc1ccc2c(c1)C(N)C(c1ccc(NC(=O)OC(C)CC)cc1)N2C1CCC1. The van der Waals surface area contributed by atoms with E-state index < -0.39 is 6.09 Å². The number of carbonyl (C=O) groups excluding carboxylic acids is 1. The number of rotatable bonds is 7. The summed E-state index contributed by atoms with van der Waals surface area (Å²) in [7, 11) is 0. The van der Waals surface area contributed by atoms with Crippen LogP contribution in [0, 0.1) is 0 Å². The van der Waals surface area contributed by atoms with Gasteiger partial charge < -0.3 is 20.1 Å². The molecule has 3 unspecified atom stereocenters. The minimum absolute atomic E-state index is 0.0679. The largest absolute Gasteiger partial charge is 0.494 e. The molecule has 1 saturated carbocycles. The number of nitrogens with two attached hydrogens (primary N) is 1. The van der Waals surface area contributed by atoms with E-state index in [2.05, 4.69) is 34.5 Å². The highest BCUT2D eigenvalue weighted by molar-refractivity contribution is 5.84. The Morgan fingerprint density at radius 1 is 1.19 bits per heavy atom. The molecular formula is C25H33N3O3. The molecule has 6 nitrogen and oxygen atoms in total. The number of hydrogen-bond donors (Lipinski definition) is 2. The minimum Gasteiger partial charge on any atom is -0.494 e. The summed E-state index contributed by atoms with van der Waals surface area (Å²) >= 11 is 0. The van der Waals surface area contributed by atoms with Gasteiger partial charge in [0.05, 0.1) is 18.7 Å². The molecule has 0 bridgehead atoms. The first-order chi connectivity index (χ1) is 15.0. The van der Waals surface area contributed by atoms with Crippen molar-refractivity contribution < 1.29 is 14.3 Å². The third-order valence-corrected chi connectivity index (χ3v) is 6.44. The highest BCUT2D eigenvalue weighted by Gasteiger charge is 2.42. The number of hydrogen-bond acceptors (Lipinski definition) is 5. The van der Waals surface area contributed by atoms with Gasteiger partial charge in [-0.25, -0.2) is 4.79 Å². The first-order valence-electron chi connectivity index (χ1n) is 11.4. The molecule has 4 rings (SSSR count). The molecule has 2 aromatic rings. The van der Waals surface area contributed by atoms with Gasteiger partial charge in [0.15, 0.2) is 0 Å². The lowest BCUT2D eigenvalue weighted by molar-refractivity contribution is 0.118. The summed E-state index contributed by atoms with van der Waals surface area (Å²) in [6.45, 7) is 6.50. The van der Waals surface area contributed by atoms with Crippen molar-refractivity contribution in [2.45, 2.75) is 70.7 Å². The van der Waals surface area contributed by atoms with Crippen LogP contribution in [0.3, 0.4) is 0 Å². The molecular weight excluding hydrogens is 390 g/mol. The number of amides is 1. The van der Waals surface area contributed by atoms with Gasteiger partial charge in [-0.05, 0) is 81.0 Å². The number of carbonyl (C=O) groups is 1. The van der Waals surface area contributed by atoms with Crippen LogP contribution in [0.15, 0.2) is 42.5 Å². The maximum absolute atomic E-state index is 12.0. The first kappa shape index (κ1) is 21.5. The van der Waals surface area contributed by atoms with E-state index in [0.29, 0.717) is 12.6 Å². The van der Waals surface area contributed by atoms with Crippen LogP contribution in [0.2, 0.25) is 0 Å². The molecule has 1 aliphatic carbocycles. The molecule has 0 radical (unpaired) electrons.